The second kappa shape index (κ2) is 9.09. The van der Waals surface area contributed by atoms with Gasteiger partial charge in [0.2, 0.25) is 5.91 Å². The summed E-state index contributed by atoms with van der Waals surface area (Å²) in [6.45, 7) is 4.12. The summed E-state index contributed by atoms with van der Waals surface area (Å²) in [7, 11) is 0. The minimum atomic E-state index is -0.502. The van der Waals surface area contributed by atoms with E-state index in [9.17, 15) is 14.0 Å². The number of halogens is 2. The van der Waals surface area contributed by atoms with E-state index in [0.717, 1.165) is 17.0 Å². The van der Waals surface area contributed by atoms with Gasteiger partial charge < -0.3 is 20.1 Å². The molecule has 3 heterocycles. The number of carbonyl (C=O) groups is 2. The molecule has 1 aliphatic heterocycles. The van der Waals surface area contributed by atoms with E-state index in [4.69, 9.17) is 21.4 Å². The number of fused-ring (bicyclic) bond motifs is 3. The Balaban J connectivity index is 1.31. The number of hydrogen-bond donors (Lipinski definition) is 2. The average Bonchev–Trinajstić information content (AvgIpc) is 3.35. The number of amides is 2. The quantitative estimate of drug-likeness (QED) is 0.537. The van der Waals surface area contributed by atoms with Gasteiger partial charge in [-0.1, -0.05) is 11.6 Å². The molecule has 0 atom stereocenters. The van der Waals surface area contributed by atoms with Gasteiger partial charge in [-0.15, -0.1) is 0 Å². The highest BCUT2D eigenvalue weighted by molar-refractivity contribution is 6.31. The van der Waals surface area contributed by atoms with E-state index in [-0.39, 0.29) is 48.3 Å². The Morgan fingerprint density at radius 3 is 2.80 bits per heavy atom. The minimum Gasteiger partial charge on any atom is -0.489 e. The average molecular weight is 502 g/mol. The molecule has 11 heteroatoms. The standard InChI is InChI=1S/C24H25ClFN5O4/c1-12-22(25)13(2)31-23(27-12)18-10-30(11-19(18)29-31)24(34)17-4-3-14(26)7-20(17)35-16-8-15(9-16)28-21(33)5-6-32/h3-4,7,15-16,32H,5-6,8-11H2,1-2H3,(H,28,33). The summed E-state index contributed by atoms with van der Waals surface area (Å²) in [6.07, 6.45) is 0.888. The molecule has 1 saturated carbocycles. The molecule has 1 aromatic carbocycles. The lowest BCUT2D eigenvalue weighted by molar-refractivity contribution is -0.123. The van der Waals surface area contributed by atoms with Gasteiger partial charge in [0.25, 0.3) is 5.91 Å². The zero-order valence-electron chi connectivity index (χ0n) is 19.3. The first-order chi connectivity index (χ1) is 16.7. The molecule has 184 valence electrons. The lowest BCUT2D eigenvalue weighted by Crippen LogP contribution is -2.49. The molecule has 0 unspecified atom stereocenters. The molecule has 0 saturated heterocycles. The number of rotatable bonds is 6. The predicted molar refractivity (Wildman–Crippen MR) is 125 cm³/mol. The number of aromatic nitrogens is 3. The summed E-state index contributed by atoms with van der Waals surface area (Å²) in [5, 5.41) is 16.8. The lowest BCUT2D eigenvalue weighted by atomic mass is 9.89. The number of aliphatic hydroxyl groups excluding tert-OH is 1. The van der Waals surface area contributed by atoms with Gasteiger partial charge in [0.1, 0.15) is 17.7 Å². The number of aryl methyl sites for hydroxylation is 2. The maximum atomic E-state index is 14.0. The third-order valence-corrected chi connectivity index (χ3v) is 7.06. The van der Waals surface area contributed by atoms with Crippen LogP contribution in [-0.4, -0.2) is 55.2 Å². The van der Waals surface area contributed by atoms with Crippen LogP contribution in [0.5, 0.6) is 5.75 Å². The van der Waals surface area contributed by atoms with Gasteiger partial charge in [0.05, 0.1) is 47.4 Å². The monoisotopic (exact) mass is 501 g/mol. The lowest BCUT2D eigenvalue weighted by Gasteiger charge is -2.36. The van der Waals surface area contributed by atoms with Crippen molar-refractivity contribution in [3.05, 3.63) is 57.2 Å². The van der Waals surface area contributed by atoms with Crippen molar-refractivity contribution in [2.75, 3.05) is 6.61 Å². The normalized spacial score (nSPS) is 18.9. The molecule has 1 fully saturated rings. The largest absolute Gasteiger partial charge is 0.489 e. The second-order valence-electron chi connectivity index (χ2n) is 9.01. The van der Waals surface area contributed by atoms with Crippen LogP contribution in [0.3, 0.4) is 0 Å². The molecule has 2 aromatic heterocycles. The highest BCUT2D eigenvalue weighted by atomic mass is 35.5. The zero-order valence-corrected chi connectivity index (χ0v) is 20.1. The molecule has 2 amide bonds. The third-order valence-electron chi connectivity index (χ3n) is 6.51. The molecule has 2 aliphatic rings. The van der Waals surface area contributed by atoms with Crippen LogP contribution in [0.4, 0.5) is 4.39 Å². The van der Waals surface area contributed by atoms with Crippen LogP contribution in [0.15, 0.2) is 18.2 Å². The molecular weight excluding hydrogens is 477 g/mol. The Morgan fingerprint density at radius 2 is 2.06 bits per heavy atom. The van der Waals surface area contributed by atoms with Crippen LogP contribution in [0, 0.1) is 19.7 Å². The van der Waals surface area contributed by atoms with Gasteiger partial charge in [-0.05, 0) is 26.0 Å². The van der Waals surface area contributed by atoms with E-state index in [2.05, 4.69) is 15.4 Å². The van der Waals surface area contributed by atoms with Crippen molar-refractivity contribution >= 4 is 29.1 Å². The Labute approximate surface area is 205 Å². The predicted octanol–water partition coefficient (Wildman–Crippen LogP) is 2.70. The first kappa shape index (κ1) is 23.5. The Morgan fingerprint density at radius 1 is 1.29 bits per heavy atom. The van der Waals surface area contributed by atoms with Crippen LogP contribution < -0.4 is 10.1 Å². The van der Waals surface area contributed by atoms with E-state index in [1.54, 1.807) is 9.42 Å². The van der Waals surface area contributed by atoms with Crippen molar-refractivity contribution in [1.82, 2.24) is 24.8 Å². The molecule has 35 heavy (non-hydrogen) atoms. The van der Waals surface area contributed by atoms with Gasteiger partial charge in [0, 0.05) is 36.9 Å². The van der Waals surface area contributed by atoms with Crippen molar-refractivity contribution in [2.45, 2.75) is 58.3 Å². The van der Waals surface area contributed by atoms with E-state index in [1.165, 1.54) is 18.2 Å². The maximum absolute atomic E-state index is 14.0. The fourth-order valence-corrected chi connectivity index (χ4v) is 4.68. The van der Waals surface area contributed by atoms with Crippen LogP contribution in [0.1, 0.15) is 52.3 Å². The van der Waals surface area contributed by atoms with Gasteiger partial charge in [0.15, 0.2) is 5.65 Å². The number of aliphatic hydroxyl groups is 1. The van der Waals surface area contributed by atoms with E-state index in [1.807, 2.05) is 13.8 Å². The topological polar surface area (TPSA) is 109 Å². The highest BCUT2D eigenvalue weighted by Crippen LogP contribution is 2.33. The number of nitrogens with zero attached hydrogens (tertiary/aromatic N) is 4. The second-order valence-corrected chi connectivity index (χ2v) is 9.39. The van der Waals surface area contributed by atoms with Crippen LogP contribution in [0.25, 0.3) is 5.65 Å². The number of hydrogen-bond acceptors (Lipinski definition) is 6. The molecule has 9 nitrogen and oxygen atoms in total. The van der Waals surface area contributed by atoms with Crippen molar-refractivity contribution in [2.24, 2.45) is 0 Å². The Bertz CT molecular complexity index is 1340. The molecule has 0 radical (unpaired) electrons. The van der Waals surface area contributed by atoms with Crippen LogP contribution in [0.2, 0.25) is 5.02 Å². The number of benzene rings is 1. The van der Waals surface area contributed by atoms with Crippen molar-refractivity contribution in [1.29, 1.82) is 0 Å². The molecule has 5 rings (SSSR count). The fraction of sp³-hybridized carbons (Fsp3) is 0.417. The summed E-state index contributed by atoms with van der Waals surface area (Å²) >= 11 is 6.31. The summed E-state index contributed by atoms with van der Waals surface area (Å²) in [5.74, 6) is -0.835. The summed E-state index contributed by atoms with van der Waals surface area (Å²) in [6, 6.07) is 3.82. The minimum absolute atomic E-state index is 0.0510. The van der Waals surface area contributed by atoms with Crippen LogP contribution >= 0.6 is 11.6 Å². The molecule has 0 bridgehead atoms. The maximum Gasteiger partial charge on any atom is 0.258 e. The van der Waals surface area contributed by atoms with E-state index >= 15 is 0 Å². The first-order valence-corrected chi connectivity index (χ1v) is 11.8. The SMILES string of the molecule is Cc1nc2c3c(nn2c(C)c1Cl)CN(C(=O)c1ccc(F)cc1OC1CC(NC(=O)CCO)C1)C3. The van der Waals surface area contributed by atoms with Crippen molar-refractivity contribution in [3.8, 4) is 5.75 Å². The van der Waals surface area contributed by atoms with Crippen LogP contribution in [-0.2, 0) is 17.9 Å². The smallest absolute Gasteiger partial charge is 0.258 e. The molecule has 1 aliphatic carbocycles. The number of carbonyl (C=O) groups excluding carboxylic acids is 2. The van der Waals surface area contributed by atoms with Crippen molar-refractivity contribution in [3.63, 3.8) is 0 Å². The van der Waals surface area contributed by atoms with Crippen molar-refractivity contribution < 1.29 is 23.8 Å². The summed E-state index contributed by atoms with van der Waals surface area (Å²) in [5.41, 5.74) is 4.05. The van der Waals surface area contributed by atoms with Gasteiger partial charge >= 0.3 is 0 Å². The highest BCUT2D eigenvalue weighted by Gasteiger charge is 2.35. The number of nitrogens with one attached hydrogen (secondary N) is 1. The Hall–Kier alpha value is -3.24. The third kappa shape index (κ3) is 4.32. The first-order valence-electron chi connectivity index (χ1n) is 11.4. The molecule has 0 spiro atoms. The van der Waals surface area contributed by atoms with E-state index in [0.29, 0.717) is 42.3 Å². The fourth-order valence-electron chi connectivity index (χ4n) is 4.56. The summed E-state index contributed by atoms with van der Waals surface area (Å²) in [4.78, 5) is 31.2. The van der Waals surface area contributed by atoms with E-state index < -0.39 is 5.82 Å². The van der Waals surface area contributed by atoms with Gasteiger partial charge in [-0.3, -0.25) is 9.59 Å². The molecular formula is C24H25ClFN5O4. The van der Waals surface area contributed by atoms with Gasteiger partial charge in [-0.25, -0.2) is 13.9 Å². The summed E-state index contributed by atoms with van der Waals surface area (Å²) < 4.78 is 21.7. The zero-order chi connectivity index (χ0) is 24.9. The molecule has 3 aromatic rings. The molecule has 2 N–H and O–H groups in total. The Kier molecular flexibility index (Phi) is 6.10. The van der Waals surface area contributed by atoms with Gasteiger partial charge in [-0.2, -0.15) is 5.10 Å². The number of ether oxygens (including phenoxy) is 1.